The van der Waals surface area contributed by atoms with E-state index >= 15 is 0 Å². The number of piperidine rings is 1. The van der Waals surface area contributed by atoms with Crippen LogP contribution in [0.3, 0.4) is 0 Å². The average Bonchev–Trinajstić information content (AvgIpc) is 2.59. The highest BCUT2D eigenvalue weighted by Gasteiger charge is 2.43. The summed E-state index contributed by atoms with van der Waals surface area (Å²) in [5.41, 5.74) is 6.94. The third-order valence-corrected chi connectivity index (χ3v) is 5.28. The largest absolute Gasteiger partial charge is 0.369 e. The molecule has 0 saturated carbocycles. The van der Waals surface area contributed by atoms with E-state index in [-0.39, 0.29) is 5.91 Å². The molecule has 3 rings (SSSR count). The number of carbonyl (C=O) groups is 1. The van der Waals surface area contributed by atoms with Crippen LogP contribution in [0.4, 0.5) is 0 Å². The molecule has 1 saturated heterocycles. The fourth-order valence-corrected chi connectivity index (χ4v) is 3.81. The van der Waals surface area contributed by atoms with Gasteiger partial charge >= 0.3 is 0 Å². The first-order valence-electron chi connectivity index (χ1n) is 7.89. The molecule has 0 aliphatic carbocycles. The molecule has 0 radical (unpaired) electrons. The predicted molar refractivity (Wildman–Crippen MR) is 96.1 cm³/mol. The van der Waals surface area contributed by atoms with Gasteiger partial charge in [0.25, 0.3) is 0 Å². The van der Waals surface area contributed by atoms with E-state index in [1.807, 2.05) is 18.2 Å². The van der Waals surface area contributed by atoms with Gasteiger partial charge in [0, 0.05) is 12.7 Å². The molecule has 0 bridgehead atoms. The van der Waals surface area contributed by atoms with Gasteiger partial charge in [-0.05, 0) is 43.1 Å². The van der Waals surface area contributed by atoms with Crippen LogP contribution in [0.25, 0.3) is 0 Å². The van der Waals surface area contributed by atoms with Crippen molar-refractivity contribution >= 4 is 29.1 Å². The molecule has 24 heavy (non-hydrogen) atoms. The first kappa shape index (κ1) is 17.2. The molecule has 1 fully saturated rings. The summed E-state index contributed by atoms with van der Waals surface area (Å²) < 4.78 is 0. The third-order valence-electron chi connectivity index (χ3n) is 4.77. The molecule has 1 amide bonds. The fourth-order valence-electron chi connectivity index (χ4n) is 3.36. The second-order valence-electron chi connectivity index (χ2n) is 6.19. The lowest BCUT2D eigenvalue weighted by atomic mass is 9.72. The topological polar surface area (TPSA) is 59.2 Å². The molecule has 1 aliphatic rings. The van der Waals surface area contributed by atoms with Crippen LogP contribution < -0.4 is 5.73 Å². The van der Waals surface area contributed by atoms with Crippen molar-refractivity contribution in [1.29, 1.82) is 0 Å². The van der Waals surface area contributed by atoms with Crippen LogP contribution in [0.15, 0.2) is 42.6 Å². The molecule has 126 valence electrons. The summed E-state index contributed by atoms with van der Waals surface area (Å²) in [5, 5.41) is 0.761. The van der Waals surface area contributed by atoms with E-state index in [4.69, 9.17) is 28.9 Å². The van der Waals surface area contributed by atoms with Crippen molar-refractivity contribution in [2.24, 2.45) is 5.73 Å². The van der Waals surface area contributed by atoms with E-state index < -0.39 is 5.41 Å². The van der Waals surface area contributed by atoms with Crippen molar-refractivity contribution in [3.63, 3.8) is 0 Å². The number of rotatable bonds is 4. The number of likely N-dealkylation sites (tertiary alicyclic amines) is 1. The molecule has 0 atom stereocenters. The smallest absolute Gasteiger partial charge is 0.228 e. The van der Waals surface area contributed by atoms with Crippen molar-refractivity contribution in [3.8, 4) is 0 Å². The van der Waals surface area contributed by atoms with Crippen molar-refractivity contribution in [2.45, 2.75) is 24.8 Å². The van der Waals surface area contributed by atoms with E-state index in [2.05, 4.69) is 22.0 Å². The Morgan fingerprint density at radius 2 is 1.88 bits per heavy atom. The third kappa shape index (κ3) is 3.41. The first-order valence-corrected chi connectivity index (χ1v) is 8.64. The van der Waals surface area contributed by atoms with E-state index in [0.29, 0.717) is 28.6 Å². The highest BCUT2D eigenvalue weighted by atomic mass is 35.5. The van der Waals surface area contributed by atoms with Crippen LogP contribution in [-0.2, 0) is 16.8 Å². The van der Waals surface area contributed by atoms with Gasteiger partial charge in [-0.1, -0.05) is 53.5 Å². The molecule has 1 aromatic heterocycles. The number of amides is 1. The number of carbonyl (C=O) groups excluding carboxylic acids is 1. The number of aromatic nitrogens is 1. The summed E-state index contributed by atoms with van der Waals surface area (Å²) in [6.45, 7) is 2.41. The molecule has 2 N–H and O–H groups in total. The lowest BCUT2D eigenvalue weighted by Gasteiger charge is -2.40. The van der Waals surface area contributed by atoms with Crippen LogP contribution >= 0.6 is 23.2 Å². The first-order chi connectivity index (χ1) is 11.5. The van der Waals surface area contributed by atoms with Gasteiger partial charge in [0.05, 0.1) is 10.4 Å². The highest BCUT2D eigenvalue weighted by molar-refractivity contribution is 6.33. The summed E-state index contributed by atoms with van der Waals surface area (Å²) in [5.74, 6) is -0.356. The number of nitrogens with zero attached hydrogens (tertiary/aromatic N) is 2. The standard InChI is InChI=1S/C18H19Cl2N3O/c19-15-11-22-16(20)10-14(15)18(17(21)24)6-8-23(9-7-18)12-13-4-2-1-3-5-13/h1-5,10-11H,6-9,12H2,(H2,21,24). The van der Waals surface area contributed by atoms with E-state index in [0.717, 1.165) is 19.6 Å². The minimum atomic E-state index is -0.781. The molecule has 1 aliphatic heterocycles. The number of pyridine rings is 1. The van der Waals surface area contributed by atoms with E-state index in [1.165, 1.54) is 11.8 Å². The molecule has 0 unspecified atom stereocenters. The second-order valence-corrected chi connectivity index (χ2v) is 6.99. The maximum Gasteiger partial charge on any atom is 0.228 e. The number of hydrogen-bond donors (Lipinski definition) is 1. The highest BCUT2D eigenvalue weighted by Crippen LogP contribution is 2.39. The summed E-state index contributed by atoms with van der Waals surface area (Å²) in [4.78, 5) is 18.6. The summed E-state index contributed by atoms with van der Waals surface area (Å²) in [6, 6.07) is 12.0. The molecule has 2 aromatic rings. The lowest BCUT2D eigenvalue weighted by Crippen LogP contribution is -2.50. The van der Waals surface area contributed by atoms with Gasteiger partial charge in [0.15, 0.2) is 0 Å². The fraction of sp³-hybridized carbons (Fsp3) is 0.333. The zero-order valence-corrected chi connectivity index (χ0v) is 14.7. The van der Waals surface area contributed by atoms with Gasteiger partial charge in [-0.25, -0.2) is 4.98 Å². The summed E-state index contributed by atoms with van der Waals surface area (Å²) in [7, 11) is 0. The van der Waals surface area contributed by atoms with Crippen molar-refractivity contribution in [2.75, 3.05) is 13.1 Å². The lowest BCUT2D eigenvalue weighted by molar-refractivity contribution is -0.125. The van der Waals surface area contributed by atoms with Gasteiger partial charge in [-0.3, -0.25) is 9.69 Å². The monoisotopic (exact) mass is 363 g/mol. The van der Waals surface area contributed by atoms with Crippen LogP contribution in [-0.4, -0.2) is 28.9 Å². The molecule has 6 heteroatoms. The Hall–Kier alpha value is -1.62. The Labute approximate surface area is 151 Å². The Kier molecular flexibility index (Phi) is 5.09. The van der Waals surface area contributed by atoms with Crippen LogP contribution in [0, 0.1) is 0 Å². The average molecular weight is 364 g/mol. The quantitative estimate of drug-likeness (QED) is 0.846. The van der Waals surface area contributed by atoms with E-state index in [1.54, 1.807) is 6.07 Å². The van der Waals surface area contributed by atoms with E-state index in [9.17, 15) is 4.79 Å². The van der Waals surface area contributed by atoms with Crippen LogP contribution in [0.1, 0.15) is 24.0 Å². The zero-order valence-electron chi connectivity index (χ0n) is 13.2. The van der Waals surface area contributed by atoms with Gasteiger partial charge in [-0.2, -0.15) is 0 Å². The minimum absolute atomic E-state index is 0.321. The van der Waals surface area contributed by atoms with Gasteiger partial charge in [-0.15, -0.1) is 0 Å². The SMILES string of the molecule is NC(=O)C1(c2cc(Cl)ncc2Cl)CCN(Cc2ccccc2)CC1. The summed E-state index contributed by atoms with van der Waals surface area (Å²) in [6.07, 6.45) is 2.73. The Bertz CT molecular complexity index is 728. The maximum atomic E-state index is 12.3. The normalized spacial score (nSPS) is 17.6. The van der Waals surface area contributed by atoms with Gasteiger partial charge in [0.1, 0.15) is 5.15 Å². The van der Waals surface area contributed by atoms with Gasteiger partial charge in [0.2, 0.25) is 5.91 Å². The molecule has 0 spiro atoms. The summed E-state index contributed by atoms with van der Waals surface area (Å²) >= 11 is 12.3. The van der Waals surface area contributed by atoms with Crippen molar-refractivity contribution in [3.05, 3.63) is 63.9 Å². The molecular weight excluding hydrogens is 345 g/mol. The molecule has 4 nitrogen and oxygen atoms in total. The Balaban J connectivity index is 1.80. The maximum absolute atomic E-state index is 12.3. The number of primary amides is 1. The molecule has 2 heterocycles. The minimum Gasteiger partial charge on any atom is -0.369 e. The number of hydrogen-bond acceptors (Lipinski definition) is 3. The van der Waals surface area contributed by atoms with Crippen LogP contribution in [0.5, 0.6) is 0 Å². The molecule has 1 aromatic carbocycles. The van der Waals surface area contributed by atoms with Gasteiger partial charge < -0.3 is 5.73 Å². The predicted octanol–water partition coefficient (Wildman–Crippen LogP) is 3.41. The number of benzene rings is 1. The van der Waals surface area contributed by atoms with Crippen LogP contribution in [0.2, 0.25) is 10.2 Å². The second kappa shape index (κ2) is 7.09. The molecular formula is C18H19Cl2N3O. The number of halogens is 2. The Morgan fingerprint density at radius 3 is 2.50 bits per heavy atom. The van der Waals surface area contributed by atoms with Crippen molar-refractivity contribution < 1.29 is 4.79 Å². The number of nitrogens with two attached hydrogens (primary N) is 1. The van der Waals surface area contributed by atoms with Crippen molar-refractivity contribution in [1.82, 2.24) is 9.88 Å². The zero-order chi connectivity index (χ0) is 17.2. The Morgan fingerprint density at radius 1 is 1.21 bits per heavy atom.